The number of hydrogen-bond donors (Lipinski definition) is 2. The number of benzene rings is 1. The zero-order valence-corrected chi connectivity index (χ0v) is 10.1. The molecule has 0 aliphatic rings. The van der Waals surface area contributed by atoms with E-state index in [-0.39, 0.29) is 23.2 Å². The Kier molecular flexibility index (Phi) is 4.28. The van der Waals surface area contributed by atoms with Crippen LogP contribution in [0.5, 0.6) is 0 Å². The zero-order chi connectivity index (χ0) is 12.2. The van der Waals surface area contributed by atoms with E-state index in [1.54, 1.807) is 25.1 Å². The van der Waals surface area contributed by atoms with Crippen LogP contribution in [0.15, 0.2) is 29.2 Å². The third-order valence-corrected chi connectivity index (χ3v) is 3.67. The first-order chi connectivity index (χ1) is 7.47. The molecule has 0 saturated carbocycles. The topological polar surface area (TPSA) is 81.4 Å². The normalized spacial score (nSPS) is 13.6. The lowest BCUT2D eigenvalue weighted by molar-refractivity contribution is 0.122. The molecule has 6 heteroatoms. The Labute approximate surface area is 95.7 Å². The monoisotopic (exact) mass is 244 g/mol. The first-order valence-electron chi connectivity index (χ1n) is 4.84. The molecule has 5 nitrogen and oxygen atoms in total. The molecule has 0 aliphatic heterocycles. The highest BCUT2D eigenvalue weighted by Gasteiger charge is 2.17. The van der Waals surface area contributed by atoms with Crippen LogP contribution in [-0.2, 0) is 14.8 Å². The summed E-state index contributed by atoms with van der Waals surface area (Å²) < 4.78 is 31.0. The van der Waals surface area contributed by atoms with Gasteiger partial charge in [-0.2, -0.15) is 0 Å². The molecule has 0 heterocycles. The Bertz CT molecular complexity index is 445. The molecule has 1 atom stereocenters. The van der Waals surface area contributed by atoms with E-state index < -0.39 is 10.0 Å². The summed E-state index contributed by atoms with van der Waals surface area (Å²) in [5, 5.41) is 0. The van der Waals surface area contributed by atoms with E-state index in [0.717, 1.165) is 0 Å². The van der Waals surface area contributed by atoms with E-state index in [4.69, 9.17) is 10.5 Å². The van der Waals surface area contributed by atoms with Gasteiger partial charge in [0.2, 0.25) is 10.0 Å². The van der Waals surface area contributed by atoms with Crippen molar-refractivity contribution in [2.45, 2.75) is 17.9 Å². The third-order valence-electron chi connectivity index (χ3n) is 2.17. The molecule has 1 aromatic carbocycles. The maximum atomic E-state index is 11.8. The van der Waals surface area contributed by atoms with Gasteiger partial charge in [-0.05, 0) is 19.1 Å². The molecule has 1 aromatic rings. The van der Waals surface area contributed by atoms with E-state index in [9.17, 15) is 8.42 Å². The van der Waals surface area contributed by atoms with Crippen molar-refractivity contribution in [3.8, 4) is 0 Å². The van der Waals surface area contributed by atoms with Crippen LogP contribution in [0.25, 0.3) is 0 Å². The molecular formula is C10H16N2O3S. The fourth-order valence-electron chi connectivity index (χ4n) is 1.11. The average Bonchev–Trinajstić information content (AvgIpc) is 2.26. The van der Waals surface area contributed by atoms with Gasteiger partial charge in [0.25, 0.3) is 0 Å². The van der Waals surface area contributed by atoms with E-state index in [1.165, 1.54) is 13.2 Å². The molecular weight excluding hydrogens is 228 g/mol. The number of ether oxygens (including phenoxy) is 1. The van der Waals surface area contributed by atoms with Crippen molar-refractivity contribution in [1.82, 2.24) is 4.72 Å². The molecule has 90 valence electrons. The summed E-state index contributed by atoms with van der Waals surface area (Å²) in [7, 11) is -2.03. The largest absolute Gasteiger partial charge is 0.398 e. The summed E-state index contributed by atoms with van der Waals surface area (Å²) >= 11 is 0. The van der Waals surface area contributed by atoms with Crippen molar-refractivity contribution in [3.63, 3.8) is 0 Å². The van der Waals surface area contributed by atoms with Crippen molar-refractivity contribution in [3.05, 3.63) is 24.3 Å². The maximum absolute atomic E-state index is 11.8. The van der Waals surface area contributed by atoms with Crippen molar-refractivity contribution in [2.75, 3.05) is 19.4 Å². The second-order valence-electron chi connectivity index (χ2n) is 3.44. The highest BCUT2D eigenvalue weighted by molar-refractivity contribution is 7.89. The van der Waals surface area contributed by atoms with Crippen LogP contribution in [0.1, 0.15) is 6.92 Å². The fraction of sp³-hybridized carbons (Fsp3) is 0.400. The Morgan fingerprint density at radius 3 is 2.62 bits per heavy atom. The van der Waals surface area contributed by atoms with Gasteiger partial charge in [-0.15, -0.1) is 0 Å². The summed E-state index contributed by atoms with van der Waals surface area (Å²) in [6.45, 7) is 1.99. The number of para-hydroxylation sites is 1. The molecule has 3 N–H and O–H groups in total. The van der Waals surface area contributed by atoms with Crippen molar-refractivity contribution in [1.29, 1.82) is 0 Å². The predicted molar refractivity (Wildman–Crippen MR) is 62.5 cm³/mol. The lowest BCUT2D eigenvalue weighted by Gasteiger charge is -2.12. The number of nitrogens with two attached hydrogens (primary N) is 1. The third kappa shape index (κ3) is 3.19. The molecule has 0 bridgehead atoms. The van der Waals surface area contributed by atoms with Gasteiger partial charge < -0.3 is 10.5 Å². The zero-order valence-electron chi connectivity index (χ0n) is 9.30. The summed E-state index contributed by atoms with van der Waals surface area (Å²) in [5.74, 6) is 0. The van der Waals surface area contributed by atoms with Gasteiger partial charge in [0.15, 0.2) is 0 Å². The first kappa shape index (κ1) is 13.0. The lowest BCUT2D eigenvalue weighted by Crippen LogP contribution is -2.32. The molecule has 0 radical (unpaired) electrons. The van der Waals surface area contributed by atoms with Gasteiger partial charge in [0, 0.05) is 13.7 Å². The van der Waals surface area contributed by atoms with Crippen LogP contribution in [0, 0.1) is 0 Å². The van der Waals surface area contributed by atoms with E-state index in [2.05, 4.69) is 4.72 Å². The lowest BCUT2D eigenvalue weighted by atomic mass is 10.3. The van der Waals surface area contributed by atoms with Crippen molar-refractivity contribution >= 4 is 15.7 Å². The number of nitrogen functional groups attached to an aromatic ring is 1. The van der Waals surface area contributed by atoms with Crippen LogP contribution in [0.3, 0.4) is 0 Å². The number of methoxy groups -OCH3 is 1. The van der Waals surface area contributed by atoms with Gasteiger partial charge in [-0.25, -0.2) is 13.1 Å². The molecule has 1 rings (SSSR count). The first-order valence-corrected chi connectivity index (χ1v) is 6.32. The standard InChI is InChI=1S/C10H16N2O3S/c1-8(15-2)7-12-16(13,14)10-6-4-3-5-9(10)11/h3-6,8,12H,7,11H2,1-2H3. The fourth-order valence-corrected chi connectivity index (χ4v) is 2.36. The number of nitrogens with one attached hydrogen (secondary N) is 1. The number of anilines is 1. The molecule has 0 aromatic heterocycles. The minimum Gasteiger partial charge on any atom is -0.398 e. The molecule has 0 fully saturated rings. The molecule has 0 saturated heterocycles. The van der Waals surface area contributed by atoms with Gasteiger partial charge in [0.05, 0.1) is 11.8 Å². The van der Waals surface area contributed by atoms with Crippen LogP contribution in [0.4, 0.5) is 5.69 Å². The summed E-state index contributed by atoms with van der Waals surface area (Å²) in [6.07, 6.45) is -0.181. The van der Waals surface area contributed by atoms with Crippen LogP contribution in [-0.4, -0.2) is 28.2 Å². The molecule has 1 unspecified atom stereocenters. The van der Waals surface area contributed by atoms with Gasteiger partial charge in [-0.1, -0.05) is 12.1 Å². The highest BCUT2D eigenvalue weighted by atomic mass is 32.2. The number of hydrogen-bond acceptors (Lipinski definition) is 4. The smallest absolute Gasteiger partial charge is 0.242 e. The Balaban J connectivity index is 2.83. The highest BCUT2D eigenvalue weighted by Crippen LogP contribution is 2.16. The van der Waals surface area contributed by atoms with E-state index in [1.807, 2.05) is 0 Å². The Morgan fingerprint density at radius 2 is 2.06 bits per heavy atom. The second kappa shape index (κ2) is 5.29. The van der Waals surface area contributed by atoms with Crippen LogP contribution < -0.4 is 10.5 Å². The number of rotatable bonds is 5. The Hall–Kier alpha value is -1.11. The van der Waals surface area contributed by atoms with Gasteiger partial charge in [-0.3, -0.25) is 0 Å². The van der Waals surface area contributed by atoms with E-state index >= 15 is 0 Å². The molecule has 0 aliphatic carbocycles. The van der Waals surface area contributed by atoms with Crippen LogP contribution in [0.2, 0.25) is 0 Å². The minimum absolute atomic E-state index is 0.0957. The van der Waals surface area contributed by atoms with Crippen molar-refractivity contribution < 1.29 is 13.2 Å². The average molecular weight is 244 g/mol. The molecule has 16 heavy (non-hydrogen) atoms. The summed E-state index contributed by atoms with van der Waals surface area (Å²) in [4.78, 5) is 0.0957. The van der Waals surface area contributed by atoms with E-state index in [0.29, 0.717) is 0 Å². The SMILES string of the molecule is COC(C)CNS(=O)(=O)c1ccccc1N. The predicted octanol–water partition coefficient (Wildman–Crippen LogP) is 0.582. The quantitative estimate of drug-likeness (QED) is 0.742. The van der Waals surface area contributed by atoms with Crippen LogP contribution >= 0.6 is 0 Å². The van der Waals surface area contributed by atoms with Gasteiger partial charge in [0.1, 0.15) is 4.90 Å². The van der Waals surface area contributed by atoms with Crippen molar-refractivity contribution in [2.24, 2.45) is 0 Å². The molecule has 0 amide bonds. The second-order valence-corrected chi connectivity index (χ2v) is 5.17. The Morgan fingerprint density at radius 1 is 1.44 bits per heavy atom. The maximum Gasteiger partial charge on any atom is 0.242 e. The number of sulfonamides is 1. The molecule has 0 spiro atoms. The summed E-state index contributed by atoms with van der Waals surface area (Å²) in [5.41, 5.74) is 5.83. The minimum atomic E-state index is -3.55. The van der Waals surface area contributed by atoms with Gasteiger partial charge >= 0.3 is 0 Å². The summed E-state index contributed by atoms with van der Waals surface area (Å²) in [6, 6.07) is 6.33.